The van der Waals surface area contributed by atoms with E-state index in [1.54, 1.807) is 0 Å². The van der Waals surface area contributed by atoms with Crippen molar-refractivity contribution in [2.45, 2.75) is 270 Å². The quantitative estimate of drug-likeness (QED) is 0.0205. The second kappa shape index (κ2) is 56.9. The molecule has 0 aromatic heterocycles. The van der Waals surface area contributed by atoms with Gasteiger partial charge in [0.2, 0.25) is 5.91 Å². The number of rotatable bonds is 56. The van der Waals surface area contributed by atoms with E-state index < -0.39 is 20.0 Å². The van der Waals surface area contributed by atoms with Gasteiger partial charge in [-0.2, -0.15) is 0 Å². The van der Waals surface area contributed by atoms with Gasteiger partial charge in [-0.15, -0.1) is 0 Å². The number of allylic oxidation sites excluding steroid dienone is 17. The van der Waals surface area contributed by atoms with Crippen LogP contribution in [0.15, 0.2) is 109 Å². The van der Waals surface area contributed by atoms with E-state index in [0.717, 1.165) is 116 Å². The zero-order chi connectivity index (χ0) is 57.2. The lowest BCUT2D eigenvalue weighted by Gasteiger charge is -2.27. The molecule has 0 saturated carbocycles. The Hall–Kier alpha value is -3.33. The highest BCUT2D eigenvalue weighted by atomic mass is 31.2. The lowest BCUT2D eigenvalue weighted by molar-refractivity contribution is -0.870. The number of phosphoric acid groups is 1. The van der Waals surface area contributed by atoms with Gasteiger partial charge in [0.1, 0.15) is 19.3 Å². The van der Waals surface area contributed by atoms with Crippen LogP contribution in [0, 0.1) is 0 Å². The number of carbonyl (C=O) groups is 2. The highest BCUT2D eigenvalue weighted by Gasteiger charge is 2.30. The maximum Gasteiger partial charge on any atom is 0.472 e. The van der Waals surface area contributed by atoms with Crippen molar-refractivity contribution < 1.29 is 37.3 Å². The Morgan fingerprint density at radius 3 is 1.27 bits per heavy atom. The molecule has 3 unspecified atom stereocenters. The van der Waals surface area contributed by atoms with Crippen molar-refractivity contribution in [2.24, 2.45) is 0 Å². The smallest absolute Gasteiger partial charge is 0.456 e. The molecule has 448 valence electrons. The van der Waals surface area contributed by atoms with E-state index in [0.29, 0.717) is 17.4 Å². The first kappa shape index (κ1) is 74.7. The molecule has 9 nitrogen and oxygen atoms in total. The van der Waals surface area contributed by atoms with Crippen molar-refractivity contribution in [1.29, 1.82) is 0 Å². The molecule has 78 heavy (non-hydrogen) atoms. The number of ether oxygens (including phenoxy) is 1. The number of carbonyl (C=O) groups excluding carboxylic acids is 2. The Labute approximate surface area is 481 Å². The topological polar surface area (TPSA) is 111 Å². The molecule has 0 aliphatic heterocycles. The molecule has 10 heteroatoms. The Morgan fingerprint density at radius 2 is 0.821 bits per heavy atom. The third kappa shape index (κ3) is 57.4. The van der Waals surface area contributed by atoms with Gasteiger partial charge < -0.3 is 19.4 Å². The fourth-order valence-electron chi connectivity index (χ4n) is 8.56. The van der Waals surface area contributed by atoms with E-state index in [1.807, 2.05) is 33.3 Å². The largest absolute Gasteiger partial charge is 0.472 e. The first-order chi connectivity index (χ1) is 37.9. The van der Waals surface area contributed by atoms with Gasteiger partial charge >= 0.3 is 13.8 Å². The first-order valence-electron chi connectivity index (χ1n) is 31.7. The SMILES string of the molecule is CC/C=C/C/C=C/C/C=C/C/C=C/CCCCCC(=O)NC(COP(=O)(O)OCC[N+](C)(C)C)C(/C=C\CCCCCCCCCCCCC)OC(=O)CCCCCCCCC/C=C\C/C=C\C/C=C\C/C=C\CCCCC. The van der Waals surface area contributed by atoms with Gasteiger partial charge in [-0.3, -0.25) is 18.6 Å². The molecule has 0 fully saturated rings. The molecule has 0 aromatic rings. The zero-order valence-electron chi connectivity index (χ0n) is 51.1. The average molecular weight is 1110 g/mol. The summed E-state index contributed by atoms with van der Waals surface area (Å²) in [6.45, 7) is 6.83. The molecule has 2 N–H and O–H groups in total. The number of nitrogens with one attached hydrogen (secondary N) is 1. The Morgan fingerprint density at radius 1 is 0.462 bits per heavy atom. The maximum atomic E-state index is 13.5. The molecular weight excluding hydrogens is 988 g/mol. The summed E-state index contributed by atoms with van der Waals surface area (Å²) in [6.07, 6.45) is 78.0. The molecule has 0 aliphatic rings. The molecule has 0 aliphatic carbocycles. The van der Waals surface area contributed by atoms with E-state index >= 15 is 0 Å². The minimum atomic E-state index is -4.47. The monoisotopic (exact) mass is 1110 g/mol. The number of hydrogen-bond donors (Lipinski definition) is 2. The Balaban J connectivity index is 5.31. The predicted molar refractivity (Wildman–Crippen MR) is 337 cm³/mol. The fraction of sp³-hybridized carbons (Fsp3) is 0.706. The summed E-state index contributed by atoms with van der Waals surface area (Å²) < 4.78 is 30.7. The summed E-state index contributed by atoms with van der Waals surface area (Å²) in [5.74, 6) is -0.558. The number of quaternary nitrogens is 1. The summed E-state index contributed by atoms with van der Waals surface area (Å²) in [4.78, 5) is 37.7. The number of amides is 1. The number of unbranched alkanes of at least 4 members (excludes halogenated alkanes) is 24. The standard InChI is InChI=1S/C68H119N2O7P/c1-7-10-13-16-19-22-25-28-30-32-33-34-35-36-37-38-40-43-46-49-52-55-58-61-68(72)77-66(59-56-53-50-47-44-41-27-24-21-18-15-12-9-3)65(64-76-78(73,74)75-63-62-70(4,5)6)69-67(71)60-57-54-51-48-45-42-39-31-29-26-23-20-17-14-11-8-2/h11,14,19-20,22-23,28-31,33-34,36-37,42,45,56,59,65-66H,7-10,12-13,15-18,21,24-27,32,35,38-41,43-44,46-55,57-58,60-64H2,1-6H3,(H-,69,71,73,74)/p+1/b14-11+,22-19-,23-20+,30-28-,31-29+,34-33-,37-36-,45-42+,59-56-. The van der Waals surface area contributed by atoms with Crippen molar-refractivity contribution in [2.75, 3.05) is 40.9 Å². The van der Waals surface area contributed by atoms with Crippen LogP contribution in [-0.4, -0.2) is 74.3 Å². The van der Waals surface area contributed by atoms with Crippen LogP contribution in [0.3, 0.4) is 0 Å². The van der Waals surface area contributed by atoms with Gasteiger partial charge in [-0.05, 0) is 115 Å². The number of hydrogen-bond acceptors (Lipinski definition) is 6. The van der Waals surface area contributed by atoms with Crippen molar-refractivity contribution in [3.8, 4) is 0 Å². The van der Waals surface area contributed by atoms with Crippen LogP contribution in [0.5, 0.6) is 0 Å². The van der Waals surface area contributed by atoms with Crippen LogP contribution in [0.1, 0.15) is 258 Å². The van der Waals surface area contributed by atoms with Gasteiger partial charge in [0.15, 0.2) is 0 Å². The van der Waals surface area contributed by atoms with E-state index in [9.17, 15) is 19.0 Å². The fourth-order valence-corrected chi connectivity index (χ4v) is 9.30. The van der Waals surface area contributed by atoms with Crippen LogP contribution in [0.25, 0.3) is 0 Å². The minimum absolute atomic E-state index is 0.0264. The second-order valence-electron chi connectivity index (χ2n) is 22.2. The maximum absolute atomic E-state index is 13.5. The number of esters is 1. The highest BCUT2D eigenvalue weighted by molar-refractivity contribution is 7.47. The first-order valence-corrected chi connectivity index (χ1v) is 33.2. The van der Waals surface area contributed by atoms with Crippen molar-refractivity contribution in [3.05, 3.63) is 109 Å². The van der Waals surface area contributed by atoms with E-state index in [2.05, 4.69) is 123 Å². The minimum Gasteiger partial charge on any atom is -0.456 e. The summed E-state index contributed by atoms with van der Waals surface area (Å²) in [7, 11) is 1.45. The zero-order valence-corrected chi connectivity index (χ0v) is 52.0. The van der Waals surface area contributed by atoms with Gasteiger partial charge in [0.05, 0.1) is 33.8 Å². The summed E-state index contributed by atoms with van der Waals surface area (Å²) >= 11 is 0. The lowest BCUT2D eigenvalue weighted by Crippen LogP contribution is -2.47. The molecule has 0 heterocycles. The highest BCUT2D eigenvalue weighted by Crippen LogP contribution is 2.43. The molecule has 0 spiro atoms. The molecule has 1 amide bonds. The molecule has 0 radical (unpaired) electrons. The second-order valence-corrected chi connectivity index (χ2v) is 23.6. The summed E-state index contributed by atoms with van der Waals surface area (Å²) in [6, 6.07) is -0.877. The van der Waals surface area contributed by atoms with Gasteiger partial charge in [-0.25, -0.2) is 4.57 Å². The number of phosphoric ester groups is 1. The van der Waals surface area contributed by atoms with Crippen LogP contribution >= 0.6 is 7.82 Å². The number of likely N-dealkylation sites (N-methyl/N-ethyl adjacent to an activating group) is 1. The van der Waals surface area contributed by atoms with E-state index in [1.165, 1.54) is 103 Å². The summed E-state index contributed by atoms with van der Waals surface area (Å²) in [5.41, 5.74) is 0. The van der Waals surface area contributed by atoms with Crippen molar-refractivity contribution in [3.63, 3.8) is 0 Å². The van der Waals surface area contributed by atoms with Gasteiger partial charge in [0, 0.05) is 12.8 Å². The van der Waals surface area contributed by atoms with Gasteiger partial charge in [-0.1, -0.05) is 240 Å². The Kier molecular flexibility index (Phi) is 54.5. The average Bonchev–Trinajstić information content (AvgIpc) is 3.40. The van der Waals surface area contributed by atoms with Crippen LogP contribution in [0.2, 0.25) is 0 Å². The predicted octanol–water partition coefficient (Wildman–Crippen LogP) is 19.7. The van der Waals surface area contributed by atoms with E-state index in [4.69, 9.17) is 13.8 Å². The third-order valence-electron chi connectivity index (χ3n) is 13.4. The number of nitrogens with zero attached hydrogens (tertiary/aromatic N) is 1. The van der Waals surface area contributed by atoms with Crippen LogP contribution in [0.4, 0.5) is 0 Å². The molecule has 0 bridgehead atoms. The third-order valence-corrected chi connectivity index (χ3v) is 14.4. The molecule has 0 rings (SSSR count). The normalized spacial score (nSPS) is 14.4. The van der Waals surface area contributed by atoms with Crippen LogP contribution in [-0.2, 0) is 27.9 Å². The van der Waals surface area contributed by atoms with E-state index in [-0.39, 0.29) is 37.9 Å². The Bertz CT molecular complexity index is 1700. The molecule has 0 aromatic carbocycles. The van der Waals surface area contributed by atoms with Gasteiger partial charge in [0.25, 0.3) is 0 Å². The van der Waals surface area contributed by atoms with Crippen LogP contribution < -0.4 is 5.32 Å². The molecule has 3 atom stereocenters. The lowest BCUT2D eigenvalue weighted by atomic mass is 10.0. The summed E-state index contributed by atoms with van der Waals surface area (Å²) in [5, 5.41) is 3.03. The molecule has 0 saturated heterocycles. The van der Waals surface area contributed by atoms with Crippen molar-refractivity contribution >= 4 is 19.7 Å². The molecular formula is C68H120N2O7P+. The van der Waals surface area contributed by atoms with Crippen molar-refractivity contribution in [1.82, 2.24) is 5.32 Å².